The molecule has 0 unspecified atom stereocenters. The molecule has 1 aliphatic rings. The fraction of sp³-hybridized carbons (Fsp3) is 0.556. The van der Waals surface area contributed by atoms with Crippen molar-refractivity contribution in [3.05, 3.63) is 34.9 Å². The van der Waals surface area contributed by atoms with Crippen LogP contribution in [0.5, 0.6) is 0 Å². The average molecular weight is 335 g/mol. The summed E-state index contributed by atoms with van der Waals surface area (Å²) in [4.78, 5) is 12.5. The first-order valence-corrected chi connectivity index (χ1v) is 8.68. The largest absolute Gasteiger partial charge is 0.333 e. The quantitative estimate of drug-likeness (QED) is 0.869. The lowest BCUT2D eigenvalue weighted by Gasteiger charge is -2.32. The first-order valence-electron chi connectivity index (χ1n) is 8.30. The molecule has 1 amide bonds. The minimum Gasteiger partial charge on any atom is -0.333 e. The summed E-state index contributed by atoms with van der Waals surface area (Å²) < 4.78 is 0. The maximum absolute atomic E-state index is 12.5. The van der Waals surface area contributed by atoms with Crippen molar-refractivity contribution in [2.75, 3.05) is 0 Å². The molecule has 0 saturated heterocycles. The van der Waals surface area contributed by atoms with Gasteiger partial charge in [-0.05, 0) is 32.8 Å². The summed E-state index contributed by atoms with van der Waals surface area (Å²) in [5, 5.41) is 15.2. The molecule has 3 N–H and O–H groups in total. The van der Waals surface area contributed by atoms with Gasteiger partial charge in [0, 0.05) is 10.6 Å². The number of nitrogens with two attached hydrogens (primary N) is 1. The molecule has 0 radical (unpaired) electrons. The second-order valence-corrected chi connectivity index (χ2v) is 6.94. The molecule has 5 heteroatoms. The van der Waals surface area contributed by atoms with Gasteiger partial charge in [0.1, 0.15) is 11.6 Å². The fourth-order valence-electron chi connectivity index (χ4n) is 3.24. The molecule has 1 saturated carbocycles. The molecule has 0 bridgehead atoms. The SMILES string of the molecule is C[C@H]([NH2+][C@H](C)c1ccccc1Cl)C(=O)NC1(C#N)CCCCC1. The number of rotatable bonds is 5. The Hall–Kier alpha value is -1.57. The van der Waals surface area contributed by atoms with E-state index in [1.165, 1.54) is 0 Å². The van der Waals surface area contributed by atoms with Crippen LogP contribution < -0.4 is 10.6 Å². The van der Waals surface area contributed by atoms with Crippen molar-refractivity contribution < 1.29 is 10.1 Å². The van der Waals surface area contributed by atoms with Crippen molar-refractivity contribution >= 4 is 17.5 Å². The second-order valence-electron chi connectivity index (χ2n) is 6.54. The third-order valence-electron chi connectivity index (χ3n) is 4.67. The van der Waals surface area contributed by atoms with Crippen LogP contribution in [0.15, 0.2) is 24.3 Å². The van der Waals surface area contributed by atoms with Crippen LogP contribution in [0, 0.1) is 11.3 Å². The van der Waals surface area contributed by atoms with Crippen LogP contribution in [0.2, 0.25) is 5.02 Å². The smallest absolute Gasteiger partial charge is 0.279 e. The van der Waals surface area contributed by atoms with Gasteiger partial charge in [-0.15, -0.1) is 0 Å². The van der Waals surface area contributed by atoms with E-state index < -0.39 is 5.54 Å². The zero-order chi connectivity index (χ0) is 16.9. The van der Waals surface area contributed by atoms with Crippen LogP contribution in [0.25, 0.3) is 0 Å². The van der Waals surface area contributed by atoms with E-state index in [-0.39, 0.29) is 18.0 Å². The van der Waals surface area contributed by atoms with E-state index in [9.17, 15) is 10.1 Å². The lowest BCUT2D eigenvalue weighted by molar-refractivity contribution is -0.710. The first-order chi connectivity index (χ1) is 11.0. The number of benzene rings is 1. The zero-order valence-corrected chi connectivity index (χ0v) is 14.6. The highest BCUT2D eigenvalue weighted by atomic mass is 35.5. The van der Waals surface area contributed by atoms with Crippen LogP contribution in [-0.2, 0) is 4.79 Å². The molecule has 2 atom stereocenters. The van der Waals surface area contributed by atoms with E-state index in [4.69, 9.17) is 11.6 Å². The van der Waals surface area contributed by atoms with Crippen molar-refractivity contribution in [2.24, 2.45) is 0 Å². The molecule has 0 aromatic heterocycles. The predicted octanol–water partition coefficient (Wildman–Crippen LogP) is 2.70. The Morgan fingerprint density at radius 2 is 1.96 bits per heavy atom. The highest BCUT2D eigenvalue weighted by Crippen LogP contribution is 2.27. The van der Waals surface area contributed by atoms with Crippen molar-refractivity contribution in [3.63, 3.8) is 0 Å². The Labute approximate surface area is 143 Å². The average Bonchev–Trinajstić information content (AvgIpc) is 2.55. The number of nitrogens with one attached hydrogen (secondary N) is 1. The van der Waals surface area contributed by atoms with Gasteiger partial charge in [-0.1, -0.05) is 49.1 Å². The molecule has 124 valence electrons. The fourth-order valence-corrected chi connectivity index (χ4v) is 3.55. The number of carbonyl (C=O) groups is 1. The molecule has 4 nitrogen and oxygen atoms in total. The molecule has 0 spiro atoms. The molecule has 23 heavy (non-hydrogen) atoms. The first kappa shape index (κ1) is 17.8. The second kappa shape index (κ2) is 7.81. The van der Waals surface area contributed by atoms with Gasteiger partial charge in [-0.2, -0.15) is 5.26 Å². The summed E-state index contributed by atoms with van der Waals surface area (Å²) in [7, 11) is 0. The summed E-state index contributed by atoms with van der Waals surface area (Å²) in [5.74, 6) is -0.0765. The van der Waals surface area contributed by atoms with Crippen LogP contribution in [0.4, 0.5) is 0 Å². The number of carbonyl (C=O) groups excluding carboxylic acids is 1. The topological polar surface area (TPSA) is 69.5 Å². The molecule has 1 aromatic carbocycles. The van der Waals surface area contributed by atoms with E-state index in [0.717, 1.165) is 37.7 Å². The van der Waals surface area contributed by atoms with Gasteiger partial charge in [-0.3, -0.25) is 4.79 Å². The van der Waals surface area contributed by atoms with Gasteiger partial charge < -0.3 is 10.6 Å². The molecular formula is C18H25ClN3O+. The van der Waals surface area contributed by atoms with Gasteiger partial charge in [0.15, 0.2) is 6.04 Å². The minimum atomic E-state index is -0.676. The Kier molecular flexibility index (Phi) is 6.04. The van der Waals surface area contributed by atoms with Crippen molar-refractivity contribution in [1.82, 2.24) is 5.32 Å². The molecule has 2 rings (SSSR count). The Morgan fingerprint density at radius 3 is 2.57 bits per heavy atom. The third-order valence-corrected chi connectivity index (χ3v) is 5.01. The van der Waals surface area contributed by atoms with Gasteiger partial charge >= 0.3 is 0 Å². The Balaban J connectivity index is 1.97. The Morgan fingerprint density at radius 1 is 1.30 bits per heavy atom. The predicted molar refractivity (Wildman–Crippen MR) is 90.8 cm³/mol. The van der Waals surface area contributed by atoms with Crippen LogP contribution in [0.1, 0.15) is 57.6 Å². The highest BCUT2D eigenvalue weighted by molar-refractivity contribution is 6.31. The van der Waals surface area contributed by atoms with E-state index in [1.54, 1.807) is 0 Å². The third kappa shape index (κ3) is 4.46. The number of quaternary nitrogens is 1. The number of hydrogen-bond acceptors (Lipinski definition) is 2. The lowest BCUT2D eigenvalue weighted by atomic mass is 9.82. The summed E-state index contributed by atoms with van der Waals surface area (Å²) in [6, 6.07) is 9.82. The molecule has 1 aromatic rings. The van der Waals surface area contributed by atoms with Crippen molar-refractivity contribution in [2.45, 2.75) is 63.6 Å². The molecule has 0 aliphatic heterocycles. The summed E-state index contributed by atoms with van der Waals surface area (Å²) in [6.07, 6.45) is 4.65. The van der Waals surface area contributed by atoms with Crippen molar-refractivity contribution in [3.8, 4) is 6.07 Å². The summed E-state index contributed by atoms with van der Waals surface area (Å²) >= 11 is 6.22. The minimum absolute atomic E-state index is 0.0765. The number of amides is 1. The maximum atomic E-state index is 12.5. The standard InChI is InChI=1S/C18H24ClN3O/c1-13(15-8-4-5-9-16(15)19)21-14(2)17(23)22-18(12-20)10-6-3-7-11-18/h4-5,8-9,13-14,21H,3,6-7,10-11H2,1-2H3,(H,22,23)/p+1/t13-,14+/m1/s1. The monoisotopic (exact) mass is 334 g/mol. The van der Waals surface area contributed by atoms with Crippen LogP contribution in [0.3, 0.4) is 0 Å². The zero-order valence-electron chi connectivity index (χ0n) is 13.8. The van der Waals surface area contributed by atoms with Gasteiger partial charge in [0.05, 0.1) is 6.07 Å². The van der Waals surface area contributed by atoms with Crippen molar-refractivity contribution in [1.29, 1.82) is 5.26 Å². The highest BCUT2D eigenvalue weighted by Gasteiger charge is 2.35. The number of hydrogen-bond donors (Lipinski definition) is 2. The maximum Gasteiger partial charge on any atom is 0.279 e. The molecule has 0 heterocycles. The summed E-state index contributed by atoms with van der Waals surface area (Å²) in [5.41, 5.74) is 0.340. The number of nitrogens with zero attached hydrogens (tertiary/aromatic N) is 1. The van der Waals surface area contributed by atoms with E-state index >= 15 is 0 Å². The molecule has 1 fully saturated rings. The van der Waals surface area contributed by atoms with Gasteiger partial charge in [0.25, 0.3) is 5.91 Å². The van der Waals surface area contributed by atoms with E-state index in [0.29, 0.717) is 5.02 Å². The van der Waals surface area contributed by atoms with Crippen LogP contribution >= 0.6 is 11.6 Å². The van der Waals surface area contributed by atoms with E-state index in [1.807, 2.05) is 43.4 Å². The summed E-state index contributed by atoms with van der Waals surface area (Å²) in [6.45, 7) is 3.91. The molecule has 1 aliphatic carbocycles. The number of nitriles is 1. The van der Waals surface area contributed by atoms with Gasteiger partial charge in [-0.25, -0.2) is 0 Å². The Bertz CT molecular complexity index is 590. The van der Waals surface area contributed by atoms with Crippen LogP contribution in [-0.4, -0.2) is 17.5 Å². The lowest BCUT2D eigenvalue weighted by Crippen LogP contribution is -2.92. The number of halogens is 1. The molecular weight excluding hydrogens is 310 g/mol. The van der Waals surface area contributed by atoms with Gasteiger partial charge in [0.2, 0.25) is 0 Å². The normalized spacial score (nSPS) is 19.4. The van der Waals surface area contributed by atoms with E-state index in [2.05, 4.69) is 11.4 Å².